The van der Waals surface area contributed by atoms with Gasteiger partial charge in [-0.15, -0.1) is 0 Å². The van der Waals surface area contributed by atoms with Crippen LogP contribution in [0.1, 0.15) is 19.4 Å². The van der Waals surface area contributed by atoms with Crippen LogP contribution in [0.15, 0.2) is 36.5 Å². The maximum atomic E-state index is 9.52. The molecule has 0 amide bonds. The van der Waals surface area contributed by atoms with Crippen LogP contribution >= 0.6 is 11.6 Å². The Hall–Kier alpha value is -4.03. The molecule has 0 saturated heterocycles. The molecule has 0 unspecified atom stereocenters. The van der Waals surface area contributed by atoms with Crippen molar-refractivity contribution in [1.29, 1.82) is 5.26 Å². The first-order valence-corrected chi connectivity index (χ1v) is 10.8. The third kappa shape index (κ3) is 4.16. The lowest BCUT2D eigenvalue weighted by Crippen LogP contribution is -2.06. The second kappa shape index (κ2) is 9.45. The summed E-state index contributed by atoms with van der Waals surface area (Å²) in [6.45, 7) is 3.88. The number of imidazole rings is 1. The summed E-state index contributed by atoms with van der Waals surface area (Å²) in [5.74, 6) is 2.66. The number of ether oxygens (including phenoxy) is 4. The fourth-order valence-electron chi connectivity index (χ4n) is 3.62. The van der Waals surface area contributed by atoms with E-state index in [1.165, 1.54) is 6.20 Å². The summed E-state index contributed by atoms with van der Waals surface area (Å²) in [6.07, 6.45) is 1.50. The van der Waals surface area contributed by atoms with Crippen molar-refractivity contribution >= 4 is 28.8 Å². The molecule has 10 heteroatoms. The molecule has 176 valence electrons. The predicted molar refractivity (Wildman–Crippen MR) is 130 cm³/mol. The molecular weight excluding hydrogens is 458 g/mol. The van der Waals surface area contributed by atoms with E-state index in [1.54, 1.807) is 38.0 Å². The van der Waals surface area contributed by atoms with Gasteiger partial charge in [-0.05, 0) is 44.2 Å². The highest BCUT2D eigenvalue weighted by Crippen LogP contribution is 2.43. The highest BCUT2D eigenvalue weighted by molar-refractivity contribution is 6.32. The number of methoxy groups -OCH3 is 3. The summed E-state index contributed by atoms with van der Waals surface area (Å²) in [5, 5.41) is 17.7. The zero-order valence-electron chi connectivity index (χ0n) is 19.4. The van der Waals surface area contributed by atoms with Crippen molar-refractivity contribution in [2.24, 2.45) is 0 Å². The number of nitrogens with zero attached hydrogens (tertiary/aromatic N) is 3. The predicted octanol–water partition coefficient (Wildman–Crippen LogP) is 5.41. The number of hydrogen-bond acceptors (Lipinski definition) is 7. The van der Waals surface area contributed by atoms with Crippen molar-refractivity contribution in [3.8, 4) is 40.3 Å². The average molecular weight is 482 g/mol. The first-order chi connectivity index (χ1) is 16.4. The van der Waals surface area contributed by atoms with E-state index < -0.39 is 0 Å². The number of hydrogen-bond donors (Lipinski definition) is 2. The van der Waals surface area contributed by atoms with Crippen LogP contribution in [0.3, 0.4) is 0 Å². The molecule has 0 atom stereocenters. The van der Waals surface area contributed by atoms with E-state index in [-0.39, 0.29) is 6.10 Å². The van der Waals surface area contributed by atoms with Crippen molar-refractivity contribution in [2.45, 2.75) is 20.0 Å². The number of anilines is 2. The van der Waals surface area contributed by atoms with E-state index >= 15 is 0 Å². The average Bonchev–Trinajstić information content (AvgIpc) is 3.39. The minimum absolute atomic E-state index is 0.000667. The Morgan fingerprint density at radius 2 is 1.76 bits per heavy atom. The highest BCUT2D eigenvalue weighted by atomic mass is 35.5. The quantitative estimate of drug-likeness (QED) is 0.346. The SMILES string of the molecule is COc1cc(-c2[nH]c3c(C#N)cnn3c2Nc2ccc(OC(C)C)c(Cl)c2)cc(OC)c1OC. The van der Waals surface area contributed by atoms with Crippen LogP contribution in [0.25, 0.3) is 16.9 Å². The molecule has 9 nitrogen and oxygen atoms in total. The molecule has 2 aromatic carbocycles. The zero-order chi connectivity index (χ0) is 24.4. The first kappa shape index (κ1) is 23.1. The molecule has 4 rings (SSSR count). The van der Waals surface area contributed by atoms with Crippen LogP contribution < -0.4 is 24.3 Å². The summed E-state index contributed by atoms with van der Waals surface area (Å²) < 4.78 is 23.8. The molecule has 0 aliphatic rings. The Morgan fingerprint density at radius 1 is 1.06 bits per heavy atom. The lowest BCUT2D eigenvalue weighted by molar-refractivity contribution is 0.242. The maximum Gasteiger partial charge on any atom is 0.203 e. The number of nitrogens with one attached hydrogen (secondary N) is 2. The number of H-pyrrole nitrogens is 1. The number of aromatic nitrogens is 3. The third-order valence-corrected chi connectivity index (χ3v) is 5.39. The van der Waals surface area contributed by atoms with E-state index in [0.29, 0.717) is 56.4 Å². The molecule has 2 heterocycles. The van der Waals surface area contributed by atoms with Gasteiger partial charge in [0.15, 0.2) is 23.0 Å². The molecule has 0 aliphatic heterocycles. The molecule has 0 spiro atoms. The van der Waals surface area contributed by atoms with E-state index in [1.807, 2.05) is 32.0 Å². The fraction of sp³-hybridized carbons (Fsp3) is 0.250. The third-order valence-electron chi connectivity index (χ3n) is 5.09. The Morgan fingerprint density at radius 3 is 2.32 bits per heavy atom. The van der Waals surface area contributed by atoms with Gasteiger partial charge in [-0.1, -0.05) is 11.6 Å². The van der Waals surface area contributed by atoms with Crippen LogP contribution in [0.2, 0.25) is 5.02 Å². The van der Waals surface area contributed by atoms with Crippen molar-refractivity contribution in [3.05, 3.63) is 47.1 Å². The molecule has 2 aromatic heterocycles. The van der Waals surface area contributed by atoms with Crippen molar-refractivity contribution in [2.75, 3.05) is 26.6 Å². The van der Waals surface area contributed by atoms with Gasteiger partial charge in [-0.3, -0.25) is 0 Å². The van der Waals surface area contributed by atoms with Gasteiger partial charge in [0.1, 0.15) is 17.4 Å². The smallest absolute Gasteiger partial charge is 0.203 e. The molecule has 2 N–H and O–H groups in total. The molecule has 4 aromatic rings. The van der Waals surface area contributed by atoms with Gasteiger partial charge >= 0.3 is 0 Å². The van der Waals surface area contributed by atoms with Gasteiger partial charge in [0, 0.05) is 11.3 Å². The monoisotopic (exact) mass is 481 g/mol. The van der Waals surface area contributed by atoms with E-state index in [4.69, 9.17) is 30.5 Å². The topological polar surface area (TPSA) is 106 Å². The summed E-state index contributed by atoms with van der Waals surface area (Å²) >= 11 is 6.44. The second-order valence-corrected chi connectivity index (χ2v) is 8.04. The molecule has 0 aliphatic carbocycles. The Kier molecular flexibility index (Phi) is 6.43. The normalized spacial score (nSPS) is 10.9. The number of benzene rings is 2. The van der Waals surface area contributed by atoms with E-state index in [0.717, 1.165) is 5.56 Å². The lowest BCUT2D eigenvalue weighted by Gasteiger charge is -2.15. The molecule has 34 heavy (non-hydrogen) atoms. The van der Waals surface area contributed by atoms with Gasteiger partial charge in [0.25, 0.3) is 0 Å². The second-order valence-electron chi connectivity index (χ2n) is 7.63. The van der Waals surface area contributed by atoms with Crippen LogP contribution in [0, 0.1) is 11.3 Å². The van der Waals surface area contributed by atoms with Crippen LogP contribution in [-0.2, 0) is 0 Å². The summed E-state index contributed by atoms with van der Waals surface area (Å²) in [5.41, 5.74) is 3.06. The Bertz CT molecular complexity index is 1360. The van der Waals surface area contributed by atoms with Gasteiger partial charge < -0.3 is 29.2 Å². The summed E-state index contributed by atoms with van der Waals surface area (Å²) in [6, 6.07) is 11.2. The Balaban J connectivity index is 1.86. The molecule has 0 bridgehead atoms. The molecule has 0 radical (unpaired) electrons. The van der Waals surface area contributed by atoms with E-state index in [2.05, 4.69) is 21.5 Å². The molecule has 0 fully saturated rings. The number of aromatic amines is 1. The minimum Gasteiger partial charge on any atom is -0.493 e. The number of fused-ring (bicyclic) bond motifs is 1. The maximum absolute atomic E-state index is 9.52. The number of rotatable bonds is 8. The number of halogens is 1. The van der Waals surface area contributed by atoms with Gasteiger partial charge in [0.2, 0.25) is 5.75 Å². The van der Waals surface area contributed by atoms with Crippen molar-refractivity contribution < 1.29 is 18.9 Å². The summed E-state index contributed by atoms with van der Waals surface area (Å²) in [4.78, 5) is 3.30. The fourth-order valence-corrected chi connectivity index (χ4v) is 3.84. The van der Waals surface area contributed by atoms with Gasteiger partial charge in [-0.2, -0.15) is 14.9 Å². The summed E-state index contributed by atoms with van der Waals surface area (Å²) in [7, 11) is 4.65. The van der Waals surface area contributed by atoms with Crippen molar-refractivity contribution in [1.82, 2.24) is 14.6 Å². The van der Waals surface area contributed by atoms with Crippen LogP contribution in [0.5, 0.6) is 23.0 Å². The Labute approximate surface area is 201 Å². The highest BCUT2D eigenvalue weighted by Gasteiger charge is 2.21. The van der Waals surface area contributed by atoms with E-state index in [9.17, 15) is 5.26 Å². The molecule has 0 saturated carbocycles. The number of nitriles is 1. The largest absolute Gasteiger partial charge is 0.493 e. The standard InChI is InChI=1S/C24H24ClN5O4/c1-13(2)34-18-7-6-16(10-17(18)25)28-24-21(29-23-15(11-26)12-27-30(23)24)14-8-19(31-3)22(33-5)20(9-14)32-4/h6-10,12-13,28-29H,1-5H3. The van der Waals surface area contributed by atoms with Gasteiger partial charge in [0.05, 0.1) is 44.3 Å². The molecular formula is C24H24ClN5O4. The zero-order valence-corrected chi connectivity index (χ0v) is 20.1. The lowest BCUT2D eigenvalue weighted by atomic mass is 10.1. The first-order valence-electron chi connectivity index (χ1n) is 10.4. The van der Waals surface area contributed by atoms with Crippen LogP contribution in [0.4, 0.5) is 11.5 Å². The van der Waals surface area contributed by atoms with Gasteiger partial charge in [-0.25, -0.2) is 0 Å². The van der Waals surface area contributed by atoms with Crippen LogP contribution in [-0.4, -0.2) is 42.0 Å². The van der Waals surface area contributed by atoms with Crippen molar-refractivity contribution in [3.63, 3.8) is 0 Å². The minimum atomic E-state index is 0.000667.